The summed E-state index contributed by atoms with van der Waals surface area (Å²) >= 11 is 0. The van der Waals surface area contributed by atoms with Gasteiger partial charge in [0.2, 0.25) is 0 Å². The second kappa shape index (κ2) is 10.2. The molecule has 1 aliphatic carbocycles. The van der Waals surface area contributed by atoms with Gasteiger partial charge in [0.1, 0.15) is 18.0 Å². The predicted molar refractivity (Wildman–Crippen MR) is 145 cm³/mol. The Morgan fingerprint density at radius 3 is 2.50 bits per heavy atom. The van der Waals surface area contributed by atoms with Crippen LogP contribution in [0.3, 0.4) is 0 Å². The van der Waals surface area contributed by atoms with Crippen LogP contribution in [0.15, 0.2) is 60.8 Å². The van der Waals surface area contributed by atoms with E-state index in [1.165, 1.54) is 5.56 Å². The summed E-state index contributed by atoms with van der Waals surface area (Å²) in [6, 6.07) is 18.2. The molecule has 0 spiro atoms. The minimum Gasteiger partial charge on any atom is -0.465 e. The predicted octanol–water partition coefficient (Wildman–Crippen LogP) is 6.26. The zero-order chi connectivity index (χ0) is 26.9. The van der Waals surface area contributed by atoms with Gasteiger partial charge in [0, 0.05) is 12.6 Å². The number of carbonyl (C=O) groups excluding carboxylic acids is 1. The number of likely N-dealkylation sites (tertiary alicyclic amines) is 1. The number of benzene rings is 2. The van der Waals surface area contributed by atoms with Crippen LogP contribution in [0.5, 0.6) is 0 Å². The number of aromatic amines is 1. The maximum absolute atomic E-state index is 12.1. The zero-order valence-corrected chi connectivity index (χ0v) is 22.2. The minimum atomic E-state index is -0.905. The third-order valence-electron chi connectivity index (χ3n) is 8.19. The van der Waals surface area contributed by atoms with E-state index in [-0.39, 0.29) is 24.2 Å². The monoisotopic (exact) mass is 516 g/mol. The van der Waals surface area contributed by atoms with Crippen LogP contribution in [0.25, 0.3) is 11.3 Å². The van der Waals surface area contributed by atoms with Crippen molar-refractivity contribution in [3.05, 3.63) is 77.7 Å². The third kappa shape index (κ3) is 4.87. The Morgan fingerprint density at radius 1 is 1.13 bits per heavy atom. The molecule has 5 rings (SSSR count). The molecule has 2 aliphatic rings. The van der Waals surface area contributed by atoms with Gasteiger partial charge in [-0.25, -0.2) is 14.6 Å². The first kappa shape index (κ1) is 25.8. The molecular weight excluding hydrogens is 480 g/mol. The summed E-state index contributed by atoms with van der Waals surface area (Å²) < 4.78 is 5.33. The van der Waals surface area contributed by atoms with E-state index in [1.807, 2.05) is 30.3 Å². The highest BCUT2D eigenvalue weighted by Gasteiger charge is 2.55. The van der Waals surface area contributed by atoms with Crippen LogP contribution >= 0.6 is 0 Å². The van der Waals surface area contributed by atoms with Gasteiger partial charge in [-0.1, -0.05) is 75.4 Å². The first-order chi connectivity index (χ1) is 18.2. The number of rotatable bonds is 6. The van der Waals surface area contributed by atoms with Crippen LogP contribution in [0, 0.1) is 5.41 Å². The molecule has 0 bridgehead atoms. The number of carbonyl (C=O) groups is 2. The van der Waals surface area contributed by atoms with Gasteiger partial charge in [-0.2, -0.15) is 0 Å². The fraction of sp³-hybridized carbons (Fsp3) is 0.433. The lowest BCUT2D eigenvalue weighted by Crippen LogP contribution is -2.53. The van der Waals surface area contributed by atoms with E-state index >= 15 is 0 Å². The molecule has 0 radical (unpaired) electrons. The summed E-state index contributed by atoms with van der Waals surface area (Å²) in [4.78, 5) is 33.9. The molecule has 3 aromatic rings. The van der Waals surface area contributed by atoms with Crippen LogP contribution in [0.4, 0.5) is 9.59 Å². The summed E-state index contributed by atoms with van der Waals surface area (Å²) in [7, 11) is 0. The smallest absolute Gasteiger partial charge is 0.408 e. The van der Waals surface area contributed by atoms with Gasteiger partial charge in [0.25, 0.3) is 0 Å². The molecule has 2 amide bonds. The first-order valence-corrected chi connectivity index (χ1v) is 13.3. The Bertz CT molecular complexity index is 1280. The van der Waals surface area contributed by atoms with Crippen molar-refractivity contribution in [2.45, 2.75) is 70.6 Å². The van der Waals surface area contributed by atoms with Gasteiger partial charge < -0.3 is 20.1 Å². The minimum absolute atomic E-state index is 0.121. The summed E-state index contributed by atoms with van der Waals surface area (Å²) in [6.45, 7) is 7.02. The summed E-state index contributed by atoms with van der Waals surface area (Å²) in [5.74, 6) is 1.10. The molecule has 3 N–H and O–H groups in total. The maximum atomic E-state index is 12.1. The summed E-state index contributed by atoms with van der Waals surface area (Å²) in [5, 5.41) is 12.9. The maximum Gasteiger partial charge on any atom is 0.408 e. The van der Waals surface area contributed by atoms with Crippen LogP contribution < -0.4 is 5.32 Å². The Kier molecular flexibility index (Phi) is 6.90. The number of nitrogens with one attached hydrogen (secondary N) is 2. The van der Waals surface area contributed by atoms with E-state index in [1.54, 1.807) is 11.1 Å². The number of hydrogen-bond acceptors (Lipinski definition) is 4. The van der Waals surface area contributed by atoms with Crippen molar-refractivity contribution in [3.63, 3.8) is 0 Å². The van der Waals surface area contributed by atoms with Crippen molar-refractivity contribution in [2.75, 3.05) is 6.54 Å². The number of nitrogens with zero attached hydrogens (tertiary/aromatic N) is 2. The second-order valence-electron chi connectivity index (χ2n) is 11.5. The molecule has 38 heavy (non-hydrogen) atoms. The Hall–Kier alpha value is -3.81. The van der Waals surface area contributed by atoms with Crippen LogP contribution in [-0.2, 0) is 16.9 Å². The van der Waals surface area contributed by atoms with E-state index in [0.29, 0.717) is 18.3 Å². The lowest BCUT2D eigenvalue weighted by molar-refractivity contribution is 0.0217. The average Bonchev–Trinajstić information content (AvgIpc) is 3.54. The van der Waals surface area contributed by atoms with Crippen molar-refractivity contribution >= 4 is 12.2 Å². The second-order valence-corrected chi connectivity index (χ2v) is 11.5. The Labute approximate surface area is 223 Å². The molecule has 2 fully saturated rings. The average molecular weight is 517 g/mol. The van der Waals surface area contributed by atoms with Crippen molar-refractivity contribution in [1.29, 1.82) is 0 Å². The number of ether oxygens (including phenoxy) is 1. The van der Waals surface area contributed by atoms with E-state index in [4.69, 9.17) is 9.72 Å². The molecular formula is C30H36N4O4. The number of alkyl carbamates (subject to hydrolysis) is 1. The fourth-order valence-corrected chi connectivity index (χ4v) is 6.01. The number of hydrogen-bond donors (Lipinski definition) is 3. The van der Waals surface area contributed by atoms with Gasteiger partial charge in [-0.15, -0.1) is 0 Å². The van der Waals surface area contributed by atoms with Crippen molar-refractivity contribution in [1.82, 2.24) is 20.2 Å². The van der Waals surface area contributed by atoms with Gasteiger partial charge in [-0.05, 0) is 53.7 Å². The Balaban J connectivity index is 1.19. The largest absolute Gasteiger partial charge is 0.465 e. The van der Waals surface area contributed by atoms with E-state index < -0.39 is 11.6 Å². The molecule has 2 heterocycles. The van der Waals surface area contributed by atoms with Crippen LogP contribution in [-0.4, -0.2) is 44.7 Å². The van der Waals surface area contributed by atoms with E-state index in [2.05, 4.69) is 55.3 Å². The number of carboxylic acid groups (broad SMARTS) is 1. The topological polar surface area (TPSA) is 108 Å². The molecule has 200 valence electrons. The number of H-pyrrole nitrogens is 1. The molecule has 1 aromatic heterocycles. The third-order valence-corrected chi connectivity index (χ3v) is 8.19. The van der Waals surface area contributed by atoms with Gasteiger partial charge in [0.05, 0.1) is 11.9 Å². The highest BCUT2D eigenvalue weighted by Crippen LogP contribution is 2.50. The standard InChI is InChI=1S/C30H36N4O4/c1-29(2,3)30(14-7-15-34(30)28(36)37)26-31-18-25(33-26)22-12-10-21(11-13-22)23-16-24(17-23)32-27(35)38-19-20-8-5-4-6-9-20/h4-6,8-13,18,23-24H,7,14-17,19H2,1-3H3,(H,31,33)(H,32,35)(H,36,37)/t23?,24?,30-/m1/s1. The van der Waals surface area contributed by atoms with Crippen molar-refractivity contribution < 1.29 is 19.4 Å². The highest BCUT2D eigenvalue weighted by molar-refractivity contribution is 5.68. The SMILES string of the molecule is CC(C)(C)[C@]1(c2ncc(-c3ccc(C4CC(NC(=O)OCc5ccccc5)C4)cc3)[nH]2)CCCN1C(=O)O. The molecule has 1 atom stereocenters. The van der Waals surface area contributed by atoms with Gasteiger partial charge in [0.15, 0.2) is 0 Å². The van der Waals surface area contributed by atoms with E-state index in [0.717, 1.165) is 42.5 Å². The van der Waals surface area contributed by atoms with E-state index in [9.17, 15) is 14.7 Å². The van der Waals surface area contributed by atoms with Crippen LogP contribution in [0.1, 0.15) is 69.3 Å². The van der Waals surface area contributed by atoms with Crippen molar-refractivity contribution in [3.8, 4) is 11.3 Å². The normalized spacial score (nSPS) is 23.1. The molecule has 1 aliphatic heterocycles. The molecule has 8 heteroatoms. The van der Waals surface area contributed by atoms with Gasteiger partial charge in [-0.3, -0.25) is 4.90 Å². The lowest BCUT2D eigenvalue weighted by atomic mass is 9.71. The summed E-state index contributed by atoms with van der Waals surface area (Å²) in [5.41, 5.74) is 3.09. The Morgan fingerprint density at radius 2 is 1.84 bits per heavy atom. The zero-order valence-electron chi connectivity index (χ0n) is 22.2. The fourth-order valence-electron chi connectivity index (χ4n) is 6.01. The molecule has 0 unspecified atom stereocenters. The lowest BCUT2D eigenvalue weighted by Gasteiger charge is -2.45. The highest BCUT2D eigenvalue weighted by atomic mass is 16.5. The molecule has 8 nitrogen and oxygen atoms in total. The molecule has 2 aromatic carbocycles. The number of amides is 2. The quantitative estimate of drug-likeness (QED) is 0.358. The van der Waals surface area contributed by atoms with Crippen LogP contribution in [0.2, 0.25) is 0 Å². The summed E-state index contributed by atoms with van der Waals surface area (Å²) in [6.07, 6.45) is 3.85. The number of aromatic nitrogens is 2. The van der Waals surface area contributed by atoms with Crippen molar-refractivity contribution in [2.24, 2.45) is 5.41 Å². The first-order valence-electron chi connectivity index (χ1n) is 13.3. The number of imidazole rings is 1. The molecule has 1 saturated heterocycles. The molecule has 1 saturated carbocycles. The van der Waals surface area contributed by atoms with Gasteiger partial charge >= 0.3 is 12.2 Å².